The predicted molar refractivity (Wildman–Crippen MR) is 73.8 cm³/mol. The number of hydrogen-bond acceptors (Lipinski definition) is 4. The normalized spacial score (nSPS) is 11.2. The summed E-state index contributed by atoms with van der Waals surface area (Å²) in [7, 11) is 0. The maximum Gasteiger partial charge on any atom is 0.0964 e. The van der Waals surface area contributed by atoms with Crippen LogP contribution in [-0.2, 0) is 19.6 Å². The Morgan fingerprint density at radius 2 is 2.00 bits per heavy atom. The summed E-state index contributed by atoms with van der Waals surface area (Å²) < 4.78 is 3.91. The molecule has 0 bridgehead atoms. The number of nitrogens with one attached hydrogen (secondary N) is 1. The molecule has 0 saturated heterocycles. The van der Waals surface area contributed by atoms with Crippen molar-refractivity contribution in [3.63, 3.8) is 0 Å². The molecule has 0 atom stereocenters. The summed E-state index contributed by atoms with van der Waals surface area (Å²) in [6, 6.07) is 0. The van der Waals surface area contributed by atoms with Gasteiger partial charge in [0, 0.05) is 18.4 Å². The van der Waals surface area contributed by atoms with Gasteiger partial charge < -0.3 is 5.32 Å². The number of rotatable bonds is 6. The van der Waals surface area contributed by atoms with Gasteiger partial charge in [0.1, 0.15) is 0 Å². The fourth-order valence-corrected chi connectivity index (χ4v) is 1.98. The fourth-order valence-electron chi connectivity index (χ4n) is 1.98. The molecule has 0 amide bonds. The fraction of sp³-hybridized carbons (Fsp3) is 0.615. The van der Waals surface area contributed by atoms with Gasteiger partial charge in [-0.2, -0.15) is 5.10 Å². The van der Waals surface area contributed by atoms with Crippen molar-refractivity contribution in [3.8, 4) is 0 Å². The van der Waals surface area contributed by atoms with Crippen LogP contribution in [0.4, 0.5) is 0 Å². The molecule has 19 heavy (non-hydrogen) atoms. The van der Waals surface area contributed by atoms with E-state index in [9.17, 15) is 0 Å². The second-order valence-corrected chi connectivity index (χ2v) is 4.77. The first kappa shape index (κ1) is 13.7. The maximum absolute atomic E-state index is 4.52. The average Bonchev–Trinajstić information content (AvgIpc) is 2.95. The first-order chi connectivity index (χ1) is 9.11. The van der Waals surface area contributed by atoms with Crippen molar-refractivity contribution in [2.24, 2.45) is 0 Å². The highest BCUT2D eigenvalue weighted by Crippen LogP contribution is 2.10. The summed E-state index contributed by atoms with van der Waals surface area (Å²) in [5.74, 6) is 0. The van der Waals surface area contributed by atoms with E-state index in [4.69, 9.17) is 0 Å². The Kier molecular flexibility index (Phi) is 4.31. The van der Waals surface area contributed by atoms with Crippen LogP contribution in [0.1, 0.15) is 29.6 Å². The van der Waals surface area contributed by atoms with Gasteiger partial charge in [0.05, 0.1) is 24.5 Å². The molecule has 2 aromatic rings. The Morgan fingerprint density at radius 1 is 1.21 bits per heavy atom. The Bertz CT molecular complexity index is 539. The molecule has 0 aromatic carbocycles. The van der Waals surface area contributed by atoms with Crippen molar-refractivity contribution in [2.45, 2.75) is 47.3 Å². The minimum atomic E-state index is 0.773. The van der Waals surface area contributed by atoms with E-state index in [0.717, 1.165) is 37.6 Å². The van der Waals surface area contributed by atoms with Crippen molar-refractivity contribution in [2.75, 3.05) is 6.54 Å². The molecule has 1 N–H and O–H groups in total. The van der Waals surface area contributed by atoms with Crippen LogP contribution in [-0.4, -0.2) is 31.3 Å². The van der Waals surface area contributed by atoms with Crippen LogP contribution in [0.25, 0.3) is 0 Å². The molecule has 0 unspecified atom stereocenters. The zero-order chi connectivity index (χ0) is 13.8. The zero-order valence-electron chi connectivity index (χ0n) is 12.1. The van der Waals surface area contributed by atoms with Gasteiger partial charge in [0.2, 0.25) is 0 Å². The van der Waals surface area contributed by atoms with Gasteiger partial charge >= 0.3 is 0 Å². The lowest BCUT2D eigenvalue weighted by atomic mass is 10.2. The van der Waals surface area contributed by atoms with Gasteiger partial charge in [-0.15, -0.1) is 5.10 Å². The van der Waals surface area contributed by atoms with Crippen LogP contribution < -0.4 is 5.32 Å². The Balaban J connectivity index is 1.94. The van der Waals surface area contributed by atoms with Gasteiger partial charge in [-0.25, -0.2) is 0 Å². The minimum Gasteiger partial charge on any atom is -0.311 e. The Labute approximate surface area is 113 Å². The first-order valence-electron chi connectivity index (χ1n) is 6.72. The molecule has 0 spiro atoms. The molecule has 6 heteroatoms. The smallest absolute Gasteiger partial charge is 0.0964 e. The van der Waals surface area contributed by atoms with Crippen molar-refractivity contribution >= 4 is 0 Å². The lowest BCUT2D eigenvalue weighted by molar-refractivity contribution is 0.481. The largest absolute Gasteiger partial charge is 0.311 e. The quantitative estimate of drug-likeness (QED) is 0.850. The van der Waals surface area contributed by atoms with Gasteiger partial charge in [-0.3, -0.25) is 9.36 Å². The van der Waals surface area contributed by atoms with Gasteiger partial charge in [-0.1, -0.05) is 12.1 Å². The number of hydrogen-bond donors (Lipinski definition) is 1. The molecule has 6 nitrogen and oxygen atoms in total. The molecular formula is C13H22N6. The van der Waals surface area contributed by atoms with Crippen LogP contribution in [0.15, 0.2) is 6.20 Å². The van der Waals surface area contributed by atoms with E-state index in [0.29, 0.717) is 0 Å². The Hall–Kier alpha value is -1.69. The summed E-state index contributed by atoms with van der Waals surface area (Å²) in [4.78, 5) is 0. The maximum atomic E-state index is 4.52. The Morgan fingerprint density at radius 3 is 2.63 bits per heavy atom. The second kappa shape index (κ2) is 5.97. The van der Waals surface area contributed by atoms with E-state index < -0.39 is 0 Å². The molecule has 2 aromatic heterocycles. The highest BCUT2D eigenvalue weighted by molar-refractivity contribution is 5.21. The SMILES string of the molecule is CCNCc1cn(CCn2nc(C)c(C)c2C)nn1. The van der Waals surface area contributed by atoms with E-state index in [1.54, 1.807) is 0 Å². The van der Waals surface area contributed by atoms with Gasteiger partial charge in [-0.05, 0) is 32.9 Å². The summed E-state index contributed by atoms with van der Waals surface area (Å²) >= 11 is 0. The molecule has 2 heterocycles. The van der Waals surface area contributed by atoms with Gasteiger partial charge in [0.25, 0.3) is 0 Å². The summed E-state index contributed by atoms with van der Waals surface area (Å²) in [5.41, 5.74) is 4.58. The lowest BCUT2D eigenvalue weighted by Gasteiger charge is -2.04. The van der Waals surface area contributed by atoms with E-state index >= 15 is 0 Å². The van der Waals surface area contributed by atoms with Crippen LogP contribution >= 0.6 is 0 Å². The van der Waals surface area contributed by atoms with E-state index in [1.165, 1.54) is 11.3 Å². The van der Waals surface area contributed by atoms with Gasteiger partial charge in [0.15, 0.2) is 0 Å². The standard InChI is InChI=1S/C13H22N6/c1-5-14-8-13-9-18(17-15-13)6-7-19-12(4)10(2)11(3)16-19/h9,14H,5-8H2,1-4H3. The summed E-state index contributed by atoms with van der Waals surface area (Å²) in [6.07, 6.45) is 1.99. The van der Waals surface area contributed by atoms with Crippen molar-refractivity contribution in [3.05, 3.63) is 28.8 Å². The van der Waals surface area contributed by atoms with Crippen molar-refractivity contribution in [1.82, 2.24) is 30.1 Å². The molecular weight excluding hydrogens is 240 g/mol. The van der Waals surface area contributed by atoms with Crippen LogP contribution in [0.3, 0.4) is 0 Å². The van der Waals surface area contributed by atoms with E-state index in [-0.39, 0.29) is 0 Å². The molecule has 0 fully saturated rings. The molecule has 0 radical (unpaired) electrons. The lowest BCUT2D eigenvalue weighted by Crippen LogP contribution is -2.12. The van der Waals surface area contributed by atoms with Crippen LogP contribution in [0.2, 0.25) is 0 Å². The third-order valence-electron chi connectivity index (χ3n) is 3.43. The second-order valence-electron chi connectivity index (χ2n) is 4.77. The summed E-state index contributed by atoms with van der Waals surface area (Å²) in [6.45, 7) is 11.7. The molecule has 0 aliphatic rings. The molecule has 0 saturated carbocycles. The highest BCUT2D eigenvalue weighted by Gasteiger charge is 2.07. The highest BCUT2D eigenvalue weighted by atomic mass is 15.4. The predicted octanol–water partition coefficient (Wildman–Crippen LogP) is 1.21. The molecule has 0 aliphatic carbocycles. The first-order valence-corrected chi connectivity index (χ1v) is 6.72. The zero-order valence-corrected chi connectivity index (χ0v) is 12.1. The van der Waals surface area contributed by atoms with Crippen molar-refractivity contribution < 1.29 is 0 Å². The number of aryl methyl sites for hydroxylation is 3. The van der Waals surface area contributed by atoms with Crippen LogP contribution in [0.5, 0.6) is 0 Å². The summed E-state index contributed by atoms with van der Waals surface area (Å²) in [5, 5.41) is 16.0. The van der Waals surface area contributed by atoms with E-state index in [2.05, 4.69) is 41.5 Å². The molecule has 104 valence electrons. The number of nitrogens with zero attached hydrogens (tertiary/aromatic N) is 5. The van der Waals surface area contributed by atoms with Crippen molar-refractivity contribution in [1.29, 1.82) is 0 Å². The topological polar surface area (TPSA) is 60.6 Å². The van der Waals surface area contributed by atoms with Crippen LogP contribution in [0, 0.1) is 20.8 Å². The average molecular weight is 262 g/mol. The monoisotopic (exact) mass is 262 g/mol. The minimum absolute atomic E-state index is 0.773. The number of aromatic nitrogens is 5. The molecule has 0 aliphatic heterocycles. The van der Waals surface area contributed by atoms with E-state index in [1.807, 2.05) is 22.5 Å². The third-order valence-corrected chi connectivity index (χ3v) is 3.43. The third kappa shape index (κ3) is 3.20. The molecule has 2 rings (SSSR count).